The number of amides is 1. The molecule has 1 amide bonds. The van der Waals surface area contributed by atoms with Gasteiger partial charge in [0.1, 0.15) is 5.60 Å². The van der Waals surface area contributed by atoms with Crippen LogP contribution < -0.4 is 5.32 Å². The van der Waals surface area contributed by atoms with Crippen LogP contribution in [-0.2, 0) is 11.2 Å². The highest BCUT2D eigenvalue weighted by Gasteiger charge is 2.17. The van der Waals surface area contributed by atoms with Crippen LogP contribution in [0.1, 0.15) is 36.7 Å². The predicted octanol–water partition coefficient (Wildman–Crippen LogP) is 4.40. The van der Waals surface area contributed by atoms with Gasteiger partial charge in [-0.15, -0.1) is 0 Å². The van der Waals surface area contributed by atoms with Gasteiger partial charge < -0.3 is 10.1 Å². The Morgan fingerprint density at radius 2 is 1.67 bits per heavy atom. The van der Waals surface area contributed by atoms with E-state index in [4.69, 9.17) is 4.74 Å². The number of para-hydroxylation sites is 1. The predicted molar refractivity (Wildman–Crippen MR) is 106 cm³/mol. The van der Waals surface area contributed by atoms with Gasteiger partial charge in [-0.3, -0.25) is 9.36 Å². The summed E-state index contributed by atoms with van der Waals surface area (Å²) in [6, 6.07) is 17.0. The van der Waals surface area contributed by atoms with E-state index < -0.39 is 11.7 Å². The van der Waals surface area contributed by atoms with Crippen LogP contribution in [0.25, 0.3) is 10.9 Å². The average Bonchev–Trinajstić information content (AvgIpc) is 2.99. The van der Waals surface area contributed by atoms with E-state index in [2.05, 4.69) is 5.32 Å². The minimum atomic E-state index is -0.526. The van der Waals surface area contributed by atoms with Gasteiger partial charge in [-0.05, 0) is 51.0 Å². The maximum atomic E-state index is 12.9. The first-order chi connectivity index (χ1) is 12.8. The number of hydrogen-bond acceptors (Lipinski definition) is 3. The molecule has 5 nitrogen and oxygen atoms in total. The quantitative estimate of drug-likeness (QED) is 0.746. The smallest absolute Gasteiger partial charge is 0.407 e. The number of rotatable bonds is 4. The lowest BCUT2D eigenvalue weighted by molar-refractivity contribution is 0.0528. The topological polar surface area (TPSA) is 60.3 Å². The summed E-state index contributed by atoms with van der Waals surface area (Å²) in [5, 5.41) is 3.77. The van der Waals surface area contributed by atoms with Crippen LogP contribution in [0.3, 0.4) is 0 Å². The van der Waals surface area contributed by atoms with E-state index in [0.29, 0.717) is 18.5 Å². The van der Waals surface area contributed by atoms with Gasteiger partial charge in [0.2, 0.25) is 0 Å². The zero-order chi connectivity index (χ0) is 19.4. The molecule has 1 heterocycles. The van der Waals surface area contributed by atoms with Crippen LogP contribution in [0.15, 0.2) is 60.8 Å². The summed E-state index contributed by atoms with van der Waals surface area (Å²) in [4.78, 5) is 24.7. The van der Waals surface area contributed by atoms with E-state index in [1.807, 2.05) is 69.4 Å². The number of ether oxygens (including phenoxy) is 1. The molecule has 0 unspecified atom stereocenters. The number of fused-ring (bicyclic) bond motifs is 1. The number of benzene rings is 2. The van der Waals surface area contributed by atoms with Gasteiger partial charge in [0.15, 0.2) is 0 Å². The number of carbonyl (C=O) groups excluding carboxylic acids is 2. The van der Waals surface area contributed by atoms with Gasteiger partial charge in [-0.25, -0.2) is 4.79 Å². The number of carbonyl (C=O) groups is 2. The summed E-state index contributed by atoms with van der Waals surface area (Å²) in [5.41, 5.74) is 1.98. The van der Waals surface area contributed by atoms with Crippen molar-refractivity contribution in [2.45, 2.75) is 32.8 Å². The van der Waals surface area contributed by atoms with E-state index in [0.717, 1.165) is 16.5 Å². The molecule has 3 aromatic rings. The number of aromatic nitrogens is 1. The normalized spacial score (nSPS) is 11.4. The molecule has 0 saturated carbocycles. The van der Waals surface area contributed by atoms with Crippen molar-refractivity contribution in [2.24, 2.45) is 0 Å². The zero-order valence-corrected chi connectivity index (χ0v) is 15.9. The maximum Gasteiger partial charge on any atom is 0.407 e. The fourth-order valence-electron chi connectivity index (χ4n) is 2.95. The van der Waals surface area contributed by atoms with Crippen molar-refractivity contribution in [1.29, 1.82) is 0 Å². The molecule has 5 heteroatoms. The van der Waals surface area contributed by atoms with E-state index in [1.165, 1.54) is 0 Å². The zero-order valence-electron chi connectivity index (χ0n) is 15.9. The van der Waals surface area contributed by atoms with Gasteiger partial charge in [0.25, 0.3) is 5.91 Å². The van der Waals surface area contributed by atoms with E-state index in [-0.39, 0.29) is 5.91 Å². The van der Waals surface area contributed by atoms with Crippen LogP contribution in [0.2, 0.25) is 0 Å². The first kappa shape index (κ1) is 18.7. The second-order valence-corrected chi connectivity index (χ2v) is 7.39. The second kappa shape index (κ2) is 7.66. The second-order valence-electron chi connectivity index (χ2n) is 7.39. The summed E-state index contributed by atoms with van der Waals surface area (Å²) in [7, 11) is 0. The van der Waals surface area contributed by atoms with Crippen LogP contribution in [-0.4, -0.2) is 28.7 Å². The number of alkyl carbamates (subject to hydrolysis) is 1. The standard InChI is InChI=1S/C22H24N2O3/c1-22(2,3)27-21(26)23-14-13-17-15-24(19-12-8-7-11-18(17)19)20(25)16-9-5-4-6-10-16/h4-12,15H,13-14H2,1-3H3,(H,23,26). The van der Waals surface area contributed by atoms with E-state index >= 15 is 0 Å². The van der Waals surface area contributed by atoms with Crippen LogP contribution in [0.5, 0.6) is 0 Å². The number of nitrogens with zero attached hydrogens (tertiary/aromatic N) is 1. The minimum Gasteiger partial charge on any atom is -0.444 e. The Morgan fingerprint density at radius 1 is 1.00 bits per heavy atom. The van der Waals surface area contributed by atoms with Crippen LogP contribution >= 0.6 is 0 Å². The van der Waals surface area contributed by atoms with Crippen molar-refractivity contribution < 1.29 is 14.3 Å². The largest absolute Gasteiger partial charge is 0.444 e. The molecule has 0 atom stereocenters. The Morgan fingerprint density at radius 3 is 2.37 bits per heavy atom. The van der Waals surface area contributed by atoms with Gasteiger partial charge in [0, 0.05) is 23.7 Å². The van der Waals surface area contributed by atoms with Crippen molar-refractivity contribution in [3.05, 3.63) is 71.9 Å². The Bertz CT molecular complexity index is 953. The lowest BCUT2D eigenvalue weighted by Gasteiger charge is -2.19. The average molecular weight is 364 g/mol. The van der Waals surface area contributed by atoms with E-state index in [1.54, 1.807) is 16.7 Å². The molecule has 140 valence electrons. The van der Waals surface area contributed by atoms with Crippen molar-refractivity contribution in [2.75, 3.05) is 6.54 Å². The summed E-state index contributed by atoms with van der Waals surface area (Å²) in [6.07, 6.45) is 2.03. The van der Waals surface area contributed by atoms with Crippen LogP contribution in [0.4, 0.5) is 4.79 Å². The monoisotopic (exact) mass is 364 g/mol. The molecular weight excluding hydrogens is 340 g/mol. The molecule has 1 aromatic heterocycles. The van der Waals surface area contributed by atoms with Crippen LogP contribution in [0, 0.1) is 0 Å². The van der Waals surface area contributed by atoms with Crippen molar-refractivity contribution in [1.82, 2.24) is 9.88 Å². The molecule has 3 rings (SSSR count). The maximum absolute atomic E-state index is 12.9. The molecule has 0 spiro atoms. The van der Waals surface area contributed by atoms with E-state index in [9.17, 15) is 9.59 Å². The lowest BCUT2D eigenvalue weighted by atomic mass is 10.1. The van der Waals surface area contributed by atoms with Gasteiger partial charge in [-0.2, -0.15) is 0 Å². The molecule has 0 aliphatic carbocycles. The Hall–Kier alpha value is -3.08. The van der Waals surface area contributed by atoms with Gasteiger partial charge in [0.05, 0.1) is 5.52 Å². The summed E-state index contributed by atoms with van der Waals surface area (Å²) >= 11 is 0. The van der Waals surface area contributed by atoms with Gasteiger partial charge in [-0.1, -0.05) is 36.4 Å². The summed E-state index contributed by atoms with van der Waals surface area (Å²) in [6.45, 7) is 5.92. The molecule has 0 bridgehead atoms. The Labute approximate surface area is 158 Å². The minimum absolute atomic E-state index is 0.0712. The first-order valence-corrected chi connectivity index (χ1v) is 9.01. The molecule has 27 heavy (non-hydrogen) atoms. The molecule has 1 N–H and O–H groups in total. The molecule has 0 aliphatic heterocycles. The van der Waals surface area contributed by atoms with Crippen molar-refractivity contribution in [3.8, 4) is 0 Å². The third kappa shape index (κ3) is 4.56. The van der Waals surface area contributed by atoms with Gasteiger partial charge >= 0.3 is 6.09 Å². The number of nitrogens with one attached hydrogen (secondary N) is 1. The third-order valence-electron chi connectivity index (χ3n) is 4.10. The highest BCUT2D eigenvalue weighted by Crippen LogP contribution is 2.23. The molecule has 2 aromatic carbocycles. The highest BCUT2D eigenvalue weighted by atomic mass is 16.6. The molecular formula is C22H24N2O3. The number of hydrogen-bond donors (Lipinski definition) is 1. The fraction of sp³-hybridized carbons (Fsp3) is 0.273. The third-order valence-corrected chi connectivity index (χ3v) is 4.10. The lowest BCUT2D eigenvalue weighted by Crippen LogP contribution is -2.33. The summed E-state index contributed by atoms with van der Waals surface area (Å²) in [5.74, 6) is -0.0712. The fourth-order valence-corrected chi connectivity index (χ4v) is 2.95. The molecule has 0 aliphatic rings. The SMILES string of the molecule is CC(C)(C)OC(=O)NCCc1cn(C(=O)c2ccccc2)c2ccccc12. The summed E-state index contributed by atoms with van der Waals surface area (Å²) < 4.78 is 6.93. The molecule has 0 radical (unpaired) electrons. The van der Waals surface area contributed by atoms with Crippen molar-refractivity contribution >= 4 is 22.9 Å². The van der Waals surface area contributed by atoms with Crippen molar-refractivity contribution in [3.63, 3.8) is 0 Å². The highest BCUT2D eigenvalue weighted by molar-refractivity contribution is 6.03. The molecule has 0 saturated heterocycles. The Balaban J connectivity index is 1.79. The molecule has 0 fully saturated rings. The Kier molecular flexibility index (Phi) is 5.31. The first-order valence-electron chi connectivity index (χ1n) is 9.01.